The molecule has 8 aromatic rings. The largest absolute Gasteiger partial charge is 0.456 e. The van der Waals surface area contributed by atoms with E-state index < -0.39 is 0 Å². The molecule has 2 nitrogen and oxygen atoms in total. The van der Waals surface area contributed by atoms with Gasteiger partial charge >= 0.3 is 0 Å². The molecule has 0 aliphatic heterocycles. The lowest BCUT2D eigenvalue weighted by molar-refractivity contribution is 0.419. The maximum absolute atomic E-state index is 6.40. The second kappa shape index (κ2) is 11.2. The fourth-order valence-corrected chi connectivity index (χ4v) is 9.18. The highest BCUT2D eigenvalue weighted by atomic mass is 16.3. The highest BCUT2D eigenvalue weighted by Crippen LogP contribution is 2.55. The van der Waals surface area contributed by atoms with E-state index in [-0.39, 0.29) is 0 Å². The minimum atomic E-state index is 0.375. The maximum atomic E-state index is 6.40. The molecule has 1 heterocycles. The zero-order valence-corrected chi connectivity index (χ0v) is 27.5. The molecule has 49 heavy (non-hydrogen) atoms. The van der Waals surface area contributed by atoms with Crippen LogP contribution >= 0.6 is 0 Å². The summed E-state index contributed by atoms with van der Waals surface area (Å²) >= 11 is 0. The van der Waals surface area contributed by atoms with Gasteiger partial charge in [0.15, 0.2) is 0 Å². The summed E-state index contributed by atoms with van der Waals surface area (Å²) in [4.78, 5) is 2.44. The lowest BCUT2D eigenvalue weighted by Crippen LogP contribution is -2.19. The highest BCUT2D eigenvalue weighted by Gasteiger charge is 2.45. The van der Waals surface area contributed by atoms with E-state index >= 15 is 0 Å². The van der Waals surface area contributed by atoms with Crippen LogP contribution in [0.5, 0.6) is 0 Å². The zero-order chi connectivity index (χ0) is 32.4. The van der Waals surface area contributed by atoms with Crippen LogP contribution in [-0.2, 0) is 5.41 Å². The van der Waals surface area contributed by atoms with Gasteiger partial charge in [-0.3, -0.25) is 0 Å². The summed E-state index contributed by atoms with van der Waals surface area (Å²) in [5, 5.41) is 4.79. The molecular weight excluding hydrogens is 595 g/mol. The van der Waals surface area contributed by atoms with Crippen molar-refractivity contribution in [2.45, 2.75) is 37.5 Å². The summed E-state index contributed by atoms with van der Waals surface area (Å²) < 4.78 is 6.40. The van der Waals surface area contributed by atoms with Gasteiger partial charge in [-0.05, 0) is 124 Å². The molecule has 2 aliphatic carbocycles. The lowest BCUT2D eigenvalue weighted by atomic mass is 9.78. The molecule has 7 aromatic carbocycles. The van der Waals surface area contributed by atoms with E-state index in [1.807, 2.05) is 6.07 Å². The Morgan fingerprint density at radius 2 is 1.20 bits per heavy atom. The van der Waals surface area contributed by atoms with Crippen molar-refractivity contribution in [1.29, 1.82) is 0 Å². The van der Waals surface area contributed by atoms with Gasteiger partial charge < -0.3 is 9.32 Å². The van der Waals surface area contributed by atoms with E-state index in [2.05, 4.69) is 157 Å². The van der Waals surface area contributed by atoms with Gasteiger partial charge in [-0.1, -0.05) is 115 Å². The van der Waals surface area contributed by atoms with Gasteiger partial charge in [-0.2, -0.15) is 0 Å². The molecule has 0 atom stereocenters. The SMILES string of the molecule is c1ccc(-c2cccc3cccc(-c4cccc(N(c5ccc(C67CCC(CC6)C7)cc5)c5cccc6oc7ccccc7c56)c4)c23)cc1. The number of hydrogen-bond donors (Lipinski definition) is 0. The van der Waals surface area contributed by atoms with Gasteiger partial charge in [-0.25, -0.2) is 0 Å². The van der Waals surface area contributed by atoms with Crippen LogP contribution in [-0.4, -0.2) is 0 Å². The van der Waals surface area contributed by atoms with Crippen LogP contribution in [0.25, 0.3) is 55.0 Å². The molecule has 10 rings (SSSR count). The number of benzene rings is 7. The molecular formula is C47H37NO. The average Bonchev–Trinajstić information content (AvgIpc) is 3.90. The van der Waals surface area contributed by atoms with E-state index in [1.54, 1.807) is 0 Å². The van der Waals surface area contributed by atoms with E-state index in [1.165, 1.54) is 70.7 Å². The smallest absolute Gasteiger partial charge is 0.137 e. The van der Waals surface area contributed by atoms with E-state index in [9.17, 15) is 0 Å². The first kappa shape index (κ1) is 28.4. The van der Waals surface area contributed by atoms with Gasteiger partial charge in [0, 0.05) is 16.8 Å². The van der Waals surface area contributed by atoms with Crippen LogP contribution in [0.4, 0.5) is 17.1 Å². The van der Waals surface area contributed by atoms with Crippen LogP contribution in [0.3, 0.4) is 0 Å². The van der Waals surface area contributed by atoms with Crippen molar-refractivity contribution in [3.05, 3.63) is 163 Å². The molecule has 2 bridgehead atoms. The molecule has 0 spiro atoms. The van der Waals surface area contributed by atoms with E-state index in [0.29, 0.717) is 5.41 Å². The molecule has 0 radical (unpaired) electrons. The quantitative estimate of drug-likeness (QED) is 0.182. The molecule has 0 amide bonds. The van der Waals surface area contributed by atoms with Crippen LogP contribution in [0.1, 0.15) is 37.7 Å². The van der Waals surface area contributed by atoms with Crippen molar-refractivity contribution in [1.82, 2.24) is 0 Å². The Morgan fingerprint density at radius 3 is 1.98 bits per heavy atom. The fourth-order valence-electron chi connectivity index (χ4n) is 9.18. The normalized spacial score (nSPS) is 18.5. The Hall–Kier alpha value is -5.60. The minimum absolute atomic E-state index is 0.375. The van der Waals surface area contributed by atoms with Crippen molar-refractivity contribution in [2.75, 3.05) is 4.90 Å². The van der Waals surface area contributed by atoms with Crippen LogP contribution in [0.15, 0.2) is 162 Å². The number of hydrogen-bond acceptors (Lipinski definition) is 2. The maximum Gasteiger partial charge on any atom is 0.137 e. The van der Waals surface area contributed by atoms with Gasteiger partial charge in [0.25, 0.3) is 0 Å². The number of rotatable bonds is 6. The molecule has 2 aliphatic rings. The monoisotopic (exact) mass is 631 g/mol. The average molecular weight is 632 g/mol. The third kappa shape index (κ3) is 4.62. The highest BCUT2D eigenvalue weighted by molar-refractivity contribution is 6.13. The number of furan rings is 1. The third-order valence-electron chi connectivity index (χ3n) is 11.5. The zero-order valence-electron chi connectivity index (χ0n) is 27.5. The summed E-state index contributed by atoms with van der Waals surface area (Å²) in [6, 6.07) is 57.6. The Bertz CT molecular complexity index is 2480. The predicted octanol–water partition coefficient (Wildman–Crippen LogP) is 13.4. The summed E-state index contributed by atoms with van der Waals surface area (Å²) in [5.41, 5.74) is 12.0. The van der Waals surface area contributed by atoms with E-state index in [4.69, 9.17) is 4.42 Å². The molecule has 0 N–H and O–H groups in total. The second-order valence-corrected chi connectivity index (χ2v) is 14.2. The summed E-state index contributed by atoms with van der Waals surface area (Å²) in [7, 11) is 0. The van der Waals surface area contributed by atoms with Gasteiger partial charge in [-0.15, -0.1) is 0 Å². The summed E-state index contributed by atoms with van der Waals surface area (Å²) in [6.45, 7) is 0. The first-order chi connectivity index (χ1) is 24.2. The lowest BCUT2D eigenvalue weighted by Gasteiger charge is -2.30. The summed E-state index contributed by atoms with van der Waals surface area (Å²) in [5.74, 6) is 0.919. The topological polar surface area (TPSA) is 16.4 Å². The summed E-state index contributed by atoms with van der Waals surface area (Å²) in [6.07, 6.45) is 6.79. The van der Waals surface area contributed by atoms with Crippen molar-refractivity contribution in [2.24, 2.45) is 5.92 Å². The van der Waals surface area contributed by atoms with E-state index in [0.717, 1.165) is 44.9 Å². The molecule has 236 valence electrons. The van der Waals surface area contributed by atoms with Crippen molar-refractivity contribution in [3.63, 3.8) is 0 Å². The predicted molar refractivity (Wildman–Crippen MR) is 205 cm³/mol. The standard InChI is InChI=1S/C47H37NO/c1-2-10-33(11-3-1)39-17-7-12-34-13-8-18-40(45(34)39)35-14-6-15-38(30-35)48(37-24-22-36(23-25-37)47-28-26-32(31-47)27-29-47)42-19-9-21-44-46(42)41-16-4-5-20-43(41)49-44/h1-25,30,32H,26-29,31H2. The molecule has 1 aromatic heterocycles. The fraction of sp³-hybridized carbons (Fsp3) is 0.149. The first-order valence-electron chi connectivity index (χ1n) is 17.7. The molecule has 2 heteroatoms. The molecule has 2 fully saturated rings. The van der Waals surface area contributed by atoms with Crippen LogP contribution in [0, 0.1) is 5.92 Å². The minimum Gasteiger partial charge on any atom is -0.456 e. The second-order valence-electron chi connectivity index (χ2n) is 14.2. The van der Waals surface area contributed by atoms with Gasteiger partial charge in [0.05, 0.1) is 11.1 Å². The van der Waals surface area contributed by atoms with Crippen molar-refractivity contribution >= 4 is 49.8 Å². The van der Waals surface area contributed by atoms with Crippen molar-refractivity contribution < 1.29 is 4.42 Å². The number of fused-ring (bicyclic) bond motifs is 6. The third-order valence-corrected chi connectivity index (χ3v) is 11.5. The van der Waals surface area contributed by atoms with Gasteiger partial charge in [0.2, 0.25) is 0 Å². The number of nitrogens with zero attached hydrogens (tertiary/aromatic N) is 1. The Balaban J connectivity index is 1.17. The van der Waals surface area contributed by atoms with Crippen LogP contribution in [0.2, 0.25) is 0 Å². The number of para-hydroxylation sites is 1. The van der Waals surface area contributed by atoms with Crippen LogP contribution < -0.4 is 4.90 Å². The Kier molecular flexibility index (Phi) is 6.52. The molecule has 0 unspecified atom stereocenters. The Morgan fingerprint density at radius 1 is 0.531 bits per heavy atom. The molecule has 2 saturated carbocycles. The molecule has 0 saturated heterocycles. The van der Waals surface area contributed by atoms with Crippen molar-refractivity contribution in [3.8, 4) is 22.3 Å². The van der Waals surface area contributed by atoms with Gasteiger partial charge in [0.1, 0.15) is 11.2 Å². The first-order valence-corrected chi connectivity index (χ1v) is 17.7. The Labute approximate surface area is 287 Å². The number of anilines is 3.